The van der Waals surface area contributed by atoms with Crippen LogP contribution in [0.3, 0.4) is 0 Å². The van der Waals surface area contributed by atoms with Crippen LogP contribution in [0.25, 0.3) is 21.3 Å². The number of rotatable bonds is 3. The first-order valence-electron chi connectivity index (χ1n) is 6.40. The minimum absolute atomic E-state index is 0.396. The summed E-state index contributed by atoms with van der Waals surface area (Å²) in [6.07, 6.45) is 1.96. The van der Waals surface area contributed by atoms with E-state index >= 15 is 0 Å². The van der Waals surface area contributed by atoms with Crippen LogP contribution in [-0.4, -0.2) is 12.0 Å². The summed E-state index contributed by atoms with van der Waals surface area (Å²) in [5.74, 6) is 0. The van der Waals surface area contributed by atoms with Crippen molar-refractivity contribution in [2.24, 2.45) is 0 Å². The molecule has 1 N–H and O–H groups in total. The highest BCUT2D eigenvalue weighted by Gasteiger charge is 2.08. The second-order valence-corrected chi connectivity index (χ2v) is 5.74. The molecule has 2 heterocycles. The van der Waals surface area contributed by atoms with E-state index in [0.29, 0.717) is 6.04 Å². The molecule has 0 aliphatic rings. The van der Waals surface area contributed by atoms with E-state index in [1.54, 1.807) is 0 Å². The van der Waals surface area contributed by atoms with E-state index in [1.165, 1.54) is 20.7 Å². The van der Waals surface area contributed by atoms with Crippen molar-refractivity contribution in [1.82, 2.24) is 10.3 Å². The monoisotopic (exact) mass is 268 g/mol. The molecule has 0 fully saturated rings. The van der Waals surface area contributed by atoms with Crippen LogP contribution in [0, 0.1) is 0 Å². The maximum absolute atomic E-state index is 4.52. The minimum Gasteiger partial charge on any atom is -0.313 e. The summed E-state index contributed by atoms with van der Waals surface area (Å²) in [5, 5.41) is 4.46. The van der Waals surface area contributed by atoms with Crippen molar-refractivity contribution in [2.75, 3.05) is 7.05 Å². The summed E-state index contributed by atoms with van der Waals surface area (Å²) in [5.41, 5.74) is 2.24. The number of thiophene rings is 1. The number of pyridine rings is 1. The zero-order chi connectivity index (χ0) is 13.2. The fourth-order valence-electron chi connectivity index (χ4n) is 2.09. The molecule has 19 heavy (non-hydrogen) atoms. The van der Waals surface area contributed by atoms with Gasteiger partial charge in [-0.15, -0.1) is 11.3 Å². The maximum atomic E-state index is 4.52. The molecule has 1 unspecified atom stereocenters. The Morgan fingerprint density at radius 2 is 2.00 bits per heavy atom. The molecule has 1 aromatic carbocycles. The normalized spacial score (nSPS) is 12.7. The summed E-state index contributed by atoms with van der Waals surface area (Å²) < 4.78 is 0. The number of nitrogens with zero attached hydrogens (tertiary/aromatic N) is 1. The molecule has 0 amide bonds. The van der Waals surface area contributed by atoms with Gasteiger partial charge in [-0.25, -0.2) is 0 Å². The van der Waals surface area contributed by atoms with Gasteiger partial charge in [0.25, 0.3) is 0 Å². The number of fused-ring (bicyclic) bond motifs is 1. The van der Waals surface area contributed by atoms with Gasteiger partial charge in [0.15, 0.2) is 0 Å². The van der Waals surface area contributed by atoms with E-state index in [9.17, 15) is 0 Å². The maximum Gasteiger partial charge on any atom is 0.0702 e. The predicted octanol–water partition coefficient (Wildman–Crippen LogP) is 4.24. The van der Waals surface area contributed by atoms with Crippen molar-refractivity contribution < 1.29 is 0 Å². The summed E-state index contributed by atoms with van der Waals surface area (Å²) >= 11 is 1.82. The van der Waals surface area contributed by atoms with Gasteiger partial charge in [-0.2, -0.15) is 0 Å². The number of aromatic nitrogens is 1. The average Bonchev–Trinajstić information content (AvgIpc) is 2.95. The van der Waals surface area contributed by atoms with Crippen LogP contribution in [0.2, 0.25) is 0 Å². The van der Waals surface area contributed by atoms with Crippen LogP contribution in [-0.2, 0) is 0 Å². The Morgan fingerprint density at radius 3 is 2.84 bits per heavy atom. The second-order valence-electron chi connectivity index (χ2n) is 4.63. The van der Waals surface area contributed by atoms with Gasteiger partial charge in [-0.05, 0) is 38.2 Å². The molecular formula is C16H16N2S. The van der Waals surface area contributed by atoms with E-state index in [4.69, 9.17) is 0 Å². The molecule has 3 aromatic rings. The molecule has 0 spiro atoms. The van der Waals surface area contributed by atoms with Crippen molar-refractivity contribution in [1.29, 1.82) is 0 Å². The van der Waals surface area contributed by atoms with Crippen molar-refractivity contribution in [3.05, 3.63) is 53.5 Å². The van der Waals surface area contributed by atoms with Crippen molar-refractivity contribution in [2.45, 2.75) is 13.0 Å². The quantitative estimate of drug-likeness (QED) is 0.768. The highest BCUT2D eigenvalue weighted by molar-refractivity contribution is 7.15. The highest BCUT2D eigenvalue weighted by atomic mass is 32.1. The smallest absolute Gasteiger partial charge is 0.0702 e. The lowest BCUT2D eigenvalue weighted by atomic mass is 10.1. The Morgan fingerprint density at radius 1 is 1.16 bits per heavy atom. The number of para-hydroxylation sites is 1. The third-order valence-electron chi connectivity index (χ3n) is 3.36. The van der Waals surface area contributed by atoms with Gasteiger partial charge in [0.2, 0.25) is 0 Å². The first-order chi connectivity index (χ1) is 9.28. The lowest BCUT2D eigenvalue weighted by Crippen LogP contribution is -2.10. The molecule has 0 aliphatic carbocycles. The zero-order valence-corrected chi connectivity index (χ0v) is 11.9. The summed E-state index contributed by atoms with van der Waals surface area (Å²) in [7, 11) is 1.99. The van der Waals surface area contributed by atoms with Gasteiger partial charge in [-0.1, -0.05) is 18.2 Å². The standard InChI is InChI=1S/C16H16N2S/c1-11(17-2)15-7-8-16(19-15)13-9-12-5-3-4-6-14(12)18-10-13/h3-11,17H,1-2H3. The lowest BCUT2D eigenvalue weighted by Gasteiger charge is -2.06. The topological polar surface area (TPSA) is 24.9 Å². The molecule has 0 saturated heterocycles. The molecule has 1 atom stereocenters. The van der Waals surface area contributed by atoms with Gasteiger partial charge in [0, 0.05) is 32.9 Å². The minimum atomic E-state index is 0.396. The van der Waals surface area contributed by atoms with Crippen LogP contribution < -0.4 is 5.32 Å². The average molecular weight is 268 g/mol. The van der Waals surface area contributed by atoms with Crippen molar-refractivity contribution in [3.8, 4) is 10.4 Å². The summed E-state index contributed by atoms with van der Waals surface area (Å²) in [6.45, 7) is 2.17. The van der Waals surface area contributed by atoms with Gasteiger partial charge < -0.3 is 5.32 Å². The van der Waals surface area contributed by atoms with Crippen molar-refractivity contribution >= 4 is 22.2 Å². The van der Waals surface area contributed by atoms with Crippen LogP contribution in [0.5, 0.6) is 0 Å². The van der Waals surface area contributed by atoms with Gasteiger partial charge in [0.05, 0.1) is 5.52 Å². The van der Waals surface area contributed by atoms with E-state index in [0.717, 1.165) is 5.52 Å². The van der Waals surface area contributed by atoms with Crippen LogP contribution in [0.15, 0.2) is 48.7 Å². The van der Waals surface area contributed by atoms with Crippen LogP contribution in [0.1, 0.15) is 17.8 Å². The predicted molar refractivity (Wildman–Crippen MR) is 82.5 cm³/mol. The SMILES string of the molecule is CNC(C)c1ccc(-c2cnc3ccccc3c2)s1. The van der Waals surface area contributed by atoms with E-state index in [1.807, 2.05) is 36.7 Å². The van der Waals surface area contributed by atoms with Crippen LogP contribution >= 0.6 is 11.3 Å². The fourth-order valence-corrected chi connectivity index (χ4v) is 3.14. The Labute approximate surface area is 117 Å². The Balaban J connectivity index is 2.01. The summed E-state index contributed by atoms with van der Waals surface area (Å²) in [6, 6.07) is 15.2. The molecule has 0 radical (unpaired) electrons. The third kappa shape index (κ3) is 2.39. The molecule has 3 heteroatoms. The Hall–Kier alpha value is -1.71. The molecule has 0 saturated carbocycles. The van der Waals surface area contributed by atoms with Gasteiger partial charge in [0.1, 0.15) is 0 Å². The number of benzene rings is 1. The van der Waals surface area contributed by atoms with Crippen LogP contribution in [0.4, 0.5) is 0 Å². The number of hydrogen-bond acceptors (Lipinski definition) is 3. The Kier molecular flexibility index (Phi) is 3.32. The van der Waals surface area contributed by atoms with Gasteiger partial charge in [-0.3, -0.25) is 4.98 Å². The lowest BCUT2D eigenvalue weighted by molar-refractivity contribution is 0.664. The van der Waals surface area contributed by atoms with Gasteiger partial charge >= 0.3 is 0 Å². The number of hydrogen-bond donors (Lipinski definition) is 1. The first-order valence-corrected chi connectivity index (χ1v) is 7.22. The van der Waals surface area contributed by atoms with Crippen molar-refractivity contribution in [3.63, 3.8) is 0 Å². The largest absolute Gasteiger partial charge is 0.313 e. The molecular weight excluding hydrogens is 252 g/mol. The molecule has 96 valence electrons. The van der Waals surface area contributed by atoms with E-state index in [-0.39, 0.29) is 0 Å². The zero-order valence-electron chi connectivity index (χ0n) is 11.1. The second kappa shape index (κ2) is 5.11. The summed E-state index contributed by atoms with van der Waals surface area (Å²) in [4.78, 5) is 7.15. The first kappa shape index (κ1) is 12.3. The third-order valence-corrected chi connectivity index (χ3v) is 4.68. The molecule has 2 aromatic heterocycles. The van der Waals surface area contributed by atoms with E-state index < -0.39 is 0 Å². The molecule has 0 bridgehead atoms. The van der Waals surface area contributed by atoms with E-state index in [2.05, 4.69) is 47.6 Å². The molecule has 0 aliphatic heterocycles. The molecule has 2 nitrogen and oxygen atoms in total. The Bertz CT molecular complexity index is 703. The number of nitrogens with one attached hydrogen (secondary N) is 1. The molecule has 3 rings (SSSR count). The fraction of sp³-hybridized carbons (Fsp3) is 0.188. The highest BCUT2D eigenvalue weighted by Crippen LogP contribution is 2.32.